The lowest BCUT2D eigenvalue weighted by molar-refractivity contribution is -0.132. The van der Waals surface area contributed by atoms with Crippen LogP contribution >= 0.6 is 11.8 Å². The van der Waals surface area contributed by atoms with Crippen LogP contribution in [0.5, 0.6) is 5.75 Å². The Morgan fingerprint density at radius 3 is 2.60 bits per heavy atom. The molecule has 30 heavy (non-hydrogen) atoms. The predicted molar refractivity (Wildman–Crippen MR) is 113 cm³/mol. The van der Waals surface area contributed by atoms with Gasteiger partial charge in [-0.1, -0.05) is 17.8 Å². The molecule has 7 nitrogen and oxygen atoms in total. The summed E-state index contributed by atoms with van der Waals surface area (Å²) < 4.78 is 18.2. The van der Waals surface area contributed by atoms with E-state index in [0.717, 1.165) is 5.56 Å². The molecule has 1 fully saturated rings. The minimum absolute atomic E-state index is 0.0796. The third-order valence-corrected chi connectivity index (χ3v) is 5.45. The highest BCUT2D eigenvalue weighted by Gasteiger charge is 2.37. The molecule has 1 unspecified atom stereocenters. The van der Waals surface area contributed by atoms with Crippen LogP contribution in [-0.2, 0) is 14.4 Å². The molecule has 2 amide bonds. The van der Waals surface area contributed by atoms with Crippen molar-refractivity contribution in [2.45, 2.75) is 25.5 Å². The van der Waals surface area contributed by atoms with Crippen LogP contribution in [0.25, 0.3) is 0 Å². The number of carbonyl (C=O) groups excluding carboxylic acids is 3. The van der Waals surface area contributed by atoms with Gasteiger partial charge in [0.15, 0.2) is 10.9 Å². The molecule has 2 aromatic carbocycles. The lowest BCUT2D eigenvalue weighted by Crippen LogP contribution is -2.30. The van der Waals surface area contributed by atoms with E-state index in [1.54, 1.807) is 25.2 Å². The van der Waals surface area contributed by atoms with Gasteiger partial charge in [-0.3, -0.25) is 19.3 Å². The lowest BCUT2D eigenvalue weighted by Gasteiger charge is -2.12. The standard InChI is InChI=1S/C21H20FN3O4S/c1-12-4-9-17(29-13(2)26)16(10-12)24-19(27)11-18-20(28)25(3)21(30-18)23-15-7-5-14(22)6-8-15/h4-10,18H,11H2,1-3H3,(H,24,27). The van der Waals surface area contributed by atoms with Gasteiger partial charge in [0.1, 0.15) is 11.1 Å². The summed E-state index contributed by atoms with van der Waals surface area (Å²) in [5, 5.41) is 2.50. The number of rotatable bonds is 5. The number of thioether (sulfide) groups is 1. The Labute approximate surface area is 177 Å². The number of nitrogens with one attached hydrogen (secondary N) is 1. The minimum Gasteiger partial charge on any atom is -0.424 e. The first-order valence-electron chi connectivity index (χ1n) is 9.10. The lowest BCUT2D eigenvalue weighted by atomic mass is 10.2. The molecule has 0 aliphatic carbocycles. The van der Waals surface area contributed by atoms with Crippen molar-refractivity contribution in [1.82, 2.24) is 4.90 Å². The van der Waals surface area contributed by atoms with Gasteiger partial charge in [-0.25, -0.2) is 9.38 Å². The number of anilines is 1. The van der Waals surface area contributed by atoms with E-state index < -0.39 is 17.1 Å². The Kier molecular flexibility index (Phi) is 6.51. The fourth-order valence-electron chi connectivity index (χ4n) is 2.78. The predicted octanol–water partition coefficient (Wildman–Crippen LogP) is 3.65. The number of amidine groups is 1. The summed E-state index contributed by atoms with van der Waals surface area (Å²) >= 11 is 1.17. The van der Waals surface area contributed by atoms with Gasteiger partial charge in [0, 0.05) is 20.4 Å². The Hall–Kier alpha value is -3.20. The molecule has 0 radical (unpaired) electrons. The summed E-state index contributed by atoms with van der Waals surface area (Å²) in [6.07, 6.45) is -0.0796. The average Bonchev–Trinajstić information content (AvgIpc) is 2.93. The zero-order chi connectivity index (χ0) is 21.8. The van der Waals surface area contributed by atoms with Gasteiger partial charge >= 0.3 is 5.97 Å². The molecule has 2 aromatic rings. The highest BCUT2D eigenvalue weighted by atomic mass is 32.2. The zero-order valence-electron chi connectivity index (χ0n) is 16.6. The molecular formula is C21H20FN3O4S. The molecule has 1 heterocycles. The average molecular weight is 429 g/mol. The number of carbonyl (C=O) groups is 3. The zero-order valence-corrected chi connectivity index (χ0v) is 17.5. The molecule has 3 rings (SSSR count). The first-order chi connectivity index (χ1) is 14.2. The maximum Gasteiger partial charge on any atom is 0.308 e. The van der Waals surface area contributed by atoms with E-state index in [2.05, 4.69) is 10.3 Å². The van der Waals surface area contributed by atoms with Crippen LogP contribution in [0, 0.1) is 12.7 Å². The topological polar surface area (TPSA) is 88.1 Å². The van der Waals surface area contributed by atoms with Crippen LogP contribution in [0.2, 0.25) is 0 Å². The number of hydrogen-bond acceptors (Lipinski definition) is 6. The van der Waals surface area contributed by atoms with Gasteiger partial charge in [0.2, 0.25) is 11.8 Å². The van der Waals surface area contributed by atoms with Crippen molar-refractivity contribution in [3.63, 3.8) is 0 Å². The molecule has 0 spiro atoms. The van der Waals surface area contributed by atoms with Crippen LogP contribution in [0.3, 0.4) is 0 Å². The third kappa shape index (κ3) is 5.24. The van der Waals surface area contributed by atoms with Gasteiger partial charge in [-0.15, -0.1) is 0 Å². The number of halogens is 1. The molecule has 1 saturated heterocycles. The smallest absolute Gasteiger partial charge is 0.308 e. The number of nitrogens with zero attached hydrogens (tertiary/aromatic N) is 2. The highest BCUT2D eigenvalue weighted by molar-refractivity contribution is 8.15. The van der Waals surface area contributed by atoms with E-state index >= 15 is 0 Å². The molecule has 0 aromatic heterocycles. The molecule has 1 N–H and O–H groups in total. The second-order valence-electron chi connectivity index (χ2n) is 6.72. The Bertz CT molecular complexity index is 1020. The Morgan fingerprint density at radius 1 is 1.23 bits per heavy atom. The number of amides is 2. The van der Waals surface area contributed by atoms with E-state index in [0.29, 0.717) is 16.5 Å². The maximum atomic E-state index is 13.1. The van der Waals surface area contributed by atoms with Crippen molar-refractivity contribution < 1.29 is 23.5 Å². The summed E-state index contributed by atoms with van der Waals surface area (Å²) in [6, 6.07) is 10.6. The van der Waals surface area contributed by atoms with E-state index in [4.69, 9.17) is 4.74 Å². The minimum atomic E-state index is -0.642. The Balaban J connectivity index is 1.70. The summed E-state index contributed by atoms with van der Waals surface area (Å²) in [5.74, 6) is -1.28. The van der Waals surface area contributed by atoms with Crippen molar-refractivity contribution >= 4 is 46.1 Å². The summed E-state index contributed by atoms with van der Waals surface area (Å²) in [4.78, 5) is 42.1. The van der Waals surface area contributed by atoms with Crippen molar-refractivity contribution in [1.29, 1.82) is 0 Å². The van der Waals surface area contributed by atoms with Crippen molar-refractivity contribution in [3.8, 4) is 5.75 Å². The normalized spacial score (nSPS) is 17.3. The highest BCUT2D eigenvalue weighted by Crippen LogP contribution is 2.32. The van der Waals surface area contributed by atoms with Gasteiger partial charge in [0.05, 0.1) is 11.4 Å². The fourth-order valence-corrected chi connectivity index (χ4v) is 3.93. The Morgan fingerprint density at radius 2 is 1.93 bits per heavy atom. The number of benzene rings is 2. The second kappa shape index (κ2) is 9.08. The number of aryl methyl sites for hydroxylation is 1. The largest absolute Gasteiger partial charge is 0.424 e. The van der Waals surface area contributed by atoms with Crippen LogP contribution in [0.4, 0.5) is 15.8 Å². The fraction of sp³-hybridized carbons (Fsp3) is 0.238. The maximum absolute atomic E-state index is 13.1. The summed E-state index contributed by atoms with van der Waals surface area (Å²) in [6.45, 7) is 3.12. The first kappa shape index (κ1) is 21.5. The molecule has 156 valence electrons. The number of ether oxygens (including phenoxy) is 1. The molecular weight excluding hydrogens is 409 g/mol. The third-order valence-electron chi connectivity index (χ3n) is 4.23. The van der Waals surface area contributed by atoms with E-state index in [9.17, 15) is 18.8 Å². The van der Waals surface area contributed by atoms with Gasteiger partial charge in [-0.2, -0.15) is 0 Å². The molecule has 1 aliphatic rings. The number of hydrogen-bond donors (Lipinski definition) is 1. The number of esters is 1. The summed E-state index contributed by atoms with van der Waals surface area (Å²) in [5.41, 5.74) is 1.75. The van der Waals surface area contributed by atoms with Crippen LogP contribution in [0.15, 0.2) is 47.5 Å². The van der Waals surface area contributed by atoms with E-state index in [1.165, 1.54) is 47.9 Å². The molecule has 0 saturated carbocycles. The van der Waals surface area contributed by atoms with Gasteiger partial charge < -0.3 is 10.1 Å². The molecule has 1 aliphatic heterocycles. The van der Waals surface area contributed by atoms with Crippen molar-refractivity contribution in [3.05, 3.63) is 53.8 Å². The molecule has 1 atom stereocenters. The van der Waals surface area contributed by atoms with Crippen molar-refractivity contribution in [2.75, 3.05) is 12.4 Å². The molecule has 0 bridgehead atoms. The summed E-state index contributed by atoms with van der Waals surface area (Å²) in [7, 11) is 1.58. The second-order valence-corrected chi connectivity index (χ2v) is 7.89. The SMILES string of the molecule is CC(=O)Oc1ccc(C)cc1NC(=O)CC1SC(=Nc2ccc(F)cc2)N(C)C1=O. The van der Waals surface area contributed by atoms with Gasteiger partial charge in [0.25, 0.3) is 0 Å². The first-order valence-corrected chi connectivity index (χ1v) is 9.98. The quantitative estimate of drug-likeness (QED) is 0.579. The van der Waals surface area contributed by atoms with Crippen LogP contribution < -0.4 is 10.1 Å². The van der Waals surface area contributed by atoms with Crippen LogP contribution in [-0.4, -0.2) is 40.1 Å². The van der Waals surface area contributed by atoms with Crippen molar-refractivity contribution in [2.24, 2.45) is 4.99 Å². The van der Waals surface area contributed by atoms with E-state index in [1.807, 2.05) is 6.92 Å². The van der Waals surface area contributed by atoms with Crippen LogP contribution in [0.1, 0.15) is 18.9 Å². The van der Waals surface area contributed by atoms with Gasteiger partial charge in [-0.05, 0) is 48.9 Å². The monoisotopic (exact) mass is 429 g/mol. The molecule has 9 heteroatoms. The van der Waals surface area contributed by atoms with E-state index in [-0.39, 0.29) is 23.9 Å². The number of aliphatic imine (C=N–C) groups is 1.